The summed E-state index contributed by atoms with van der Waals surface area (Å²) in [7, 11) is 1.25. The minimum absolute atomic E-state index is 0.211. The lowest BCUT2D eigenvalue weighted by Crippen LogP contribution is -2.51. The number of hydrogen-bond donors (Lipinski definition) is 0. The summed E-state index contributed by atoms with van der Waals surface area (Å²) >= 11 is 0. The van der Waals surface area contributed by atoms with Gasteiger partial charge in [0.2, 0.25) is 5.79 Å². The minimum atomic E-state index is -1.70. The van der Waals surface area contributed by atoms with Crippen molar-refractivity contribution in [1.82, 2.24) is 0 Å². The lowest BCUT2D eigenvalue weighted by Gasteiger charge is -2.32. The third-order valence-electron chi connectivity index (χ3n) is 3.19. The second-order valence-corrected chi connectivity index (χ2v) is 4.97. The van der Waals surface area contributed by atoms with E-state index in [1.165, 1.54) is 14.0 Å². The van der Waals surface area contributed by atoms with E-state index in [1.807, 2.05) is 0 Å². The van der Waals surface area contributed by atoms with Crippen molar-refractivity contribution in [3.8, 4) is 0 Å². The van der Waals surface area contributed by atoms with Crippen molar-refractivity contribution in [3.63, 3.8) is 0 Å². The third kappa shape index (κ3) is 4.82. The summed E-state index contributed by atoms with van der Waals surface area (Å²) in [6, 6.07) is 0. The first-order chi connectivity index (χ1) is 11.3. The van der Waals surface area contributed by atoms with Gasteiger partial charge >= 0.3 is 17.9 Å². The molecule has 1 saturated heterocycles. The molecule has 1 heterocycles. The SMILES string of the molecule is COC1(COC(C)=O)O[C@H](CN=[N+]=[N-])[C@@H](OC(C)=O)[C@@H]1OC(C)=O. The topological polar surface area (TPSA) is 146 Å². The van der Waals surface area contributed by atoms with Crippen molar-refractivity contribution in [3.05, 3.63) is 10.4 Å². The summed E-state index contributed by atoms with van der Waals surface area (Å²) < 4.78 is 26.2. The first-order valence-electron chi connectivity index (χ1n) is 6.97. The number of esters is 3. The van der Waals surface area contributed by atoms with Gasteiger partial charge in [-0.05, 0) is 5.53 Å². The molecule has 0 aromatic heterocycles. The minimum Gasteiger partial charge on any atom is -0.460 e. The van der Waals surface area contributed by atoms with Gasteiger partial charge in [-0.1, -0.05) is 5.11 Å². The van der Waals surface area contributed by atoms with Gasteiger partial charge in [-0.15, -0.1) is 0 Å². The molecule has 1 rings (SSSR count). The van der Waals surface area contributed by atoms with Crippen LogP contribution in [0.2, 0.25) is 0 Å². The van der Waals surface area contributed by atoms with E-state index in [-0.39, 0.29) is 6.54 Å². The quantitative estimate of drug-likeness (QED) is 0.213. The number of hydrogen-bond acceptors (Lipinski definition) is 9. The van der Waals surface area contributed by atoms with Crippen LogP contribution in [0.25, 0.3) is 10.4 Å². The number of rotatable bonds is 7. The first-order valence-corrected chi connectivity index (χ1v) is 6.97. The molecule has 24 heavy (non-hydrogen) atoms. The van der Waals surface area contributed by atoms with Crippen LogP contribution in [0.5, 0.6) is 0 Å². The molecule has 1 unspecified atom stereocenters. The fraction of sp³-hybridized carbons (Fsp3) is 0.769. The Bertz CT molecular complexity index is 547. The summed E-state index contributed by atoms with van der Waals surface area (Å²) in [6.07, 6.45) is -3.28. The monoisotopic (exact) mass is 345 g/mol. The Balaban J connectivity index is 3.21. The molecule has 0 aliphatic carbocycles. The van der Waals surface area contributed by atoms with Gasteiger partial charge < -0.3 is 23.7 Å². The van der Waals surface area contributed by atoms with E-state index in [1.54, 1.807) is 0 Å². The summed E-state index contributed by atoms with van der Waals surface area (Å²) in [6.45, 7) is 2.87. The Morgan fingerprint density at radius 1 is 1.17 bits per heavy atom. The fourth-order valence-electron chi connectivity index (χ4n) is 2.30. The molecule has 0 saturated carbocycles. The van der Waals surface area contributed by atoms with Gasteiger partial charge in [-0.3, -0.25) is 14.4 Å². The molecule has 0 N–H and O–H groups in total. The van der Waals surface area contributed by atoms with E-state index in [0.29, 0.717) is 0 Å². The van der Waals surface area contributed by atoms with Crippen LogP contribution in [-0.2, 0) is 38.1 Å². The Kier molecular flexibility index (Phi) is 6.96. The molecule has 11 nitrogen and oxygen atoms in total. The molecule has 4 atom stereocenters. The summed E-state index contributed by atoms with van der Waals surface area (Å²) in [5.74, 6) is -3.66. The molecule has 0 aromatic rings. The number of azide groups is 1. The second-order valence-electron chi connectivity index (χ2n) is 4.97. The highest BCUT2D eigenvalue weighted by molar-refractivity contribution is 5.68. The molecular weight excluding hydrogens is 326 g/mol. The number of carbonyl (C=O) groups is 3. The van der Waals surface area contributed by atoms with Gasteiger partial charge in [0.15, 0.2) is 12.2 Å². The molecule has 1 aliphatic heterocycles. The zero-order valence-corrected chi connectivity index (χ0v) is 13.8. The maximum atomic E-state index is 11.4. The highest BCUT2D eigenvalue weighted by Gasteiger charge is 2.60. The van der Waals surface area contributed by atoms with Crippen LogP contribution in [0.1, 0.15) is 20.8 Å². The molecule has 0 radical (unpaired) electrons. The van der Waals surface area contributed by atoms with Crippen LogP contribution in [0.3, 0.4) is 0 Å². The fourth-order valence-corrected chi connectivity index (χ4v) is 2.30. The van der Waals surface area contributed by atoms with Gasteiger partial charge in [-0.2, -0.15) is 0 Å². The van der Waals surface area contributed by atoms with Gasteiger partial charge in [-0.25, -0.2) is 0 Å². The third-order valence-corrected chi connectivity index (χ3v) is 3.19. The first kappa shape index (κ1) is 19.7. The van der Waals surface area contributed by atoms with Crippen molar-refractivity contribution >= 4 is 17.9 Å². The molecule has 0 bridgehead atoms. The van der Waals surface area contributed by atoms with Crippen LogP contribution >= 0.6 is 0 Å². The van der Waals surface area contributed by atoms with Gasteiger partial charge in [0.05, 0.1) is 6.54 Å². The van der Waals surface area contributed by atoms with Gasteiger partial charge in [0.1, 0.15) is 12.7 Å². The van der Waals surface area contributed by atoms with Gasteiger partial charge in [0, 0.05) is 32.8 Å². The van der Waals surface area contributed by atoms with Crippen molar-refractivity contribution in [1.29, 1.82) is 0 Å². The Hall–Kier alpha value is -2.36. The van der Waals surface area contributed by atoms with Crippen molar-refractivity contribution in [2.24, 2.45) is 5.11 Å². The van der Waals surface area contributed by atoms with Crippen molar-refractivity contribution in [2.75, 3.05) is 20.3 Å². The molecular formula is C13H19N3O8. The van der Waals surface area contributed by atoms with Crippen molar-refractivity contribution in [2.45, 2.75) is 44.9 Å². The van der Waals surface area contributed by atoms with E-state index in [4.69, 9.17) is 29.2 Å². The lowest BCUT2D eigenvalue weighted by molar-refractivity contribution is -0.268. The predicted octanol–water partition coefficient (Wildman–Crippen LogP) is 0.465. The maximum absolute atomic E-state index is 11.4. The number of methoxy groups -OCH3 is 1. The standard InChI is InChI=1S/C13H19N3O8/c1-7(17)21-6-13(20-4)12(23-9(3)19)11(22-8(2)18)10(24-13)5-15-16-14/h10-12H,5-6H2,1-4H3/t10-,11-,12+,13?/m1/s1. The molecule has 0 amide bonds. The second kappa shape index (κ2) is 8.48. The largest absolute Gasteiger partial charge is 0.460 e. The predicted molar refractivity (Wildman–Crippen MR) is 76.4 cm³/mol. The zero-order valence-electron chi connectivity index (χ0n) is 13.8. The van der Waals surface area contributed by atoms with Crippen LogP contribution < -0.4 is 0 Å². The molecule has 1 aliphatic rings. The maximum Gasteiger partial charge on any atom is 0.303 e. The van der Waals surface area contributed by atoms with Crippen molar-refractivity contribution < 1.29 is 38.1 Å². The van der Waals surface area contributed by atoms with E-state index >= 15 is 0 Å². The van der Waals surface area contributed by atoms with Crippen LogP contribution in [0, 0.1) is 0 Å². The number of carbonyl (C=O) groups excluding carboxylic acids is 3. The Labute approximate surface area is 137 Å². The number of ether oxygens (including phenoxy) is 5. The van der Waals surface area contributed by atoms with Crippen LogP contribution in [0.4, 0.5) is 0 Å². The summed E-state index contributed by atoms with van der Waals surface area (Å²) in [5.41, 5.74) is 8.48. The average molecular weight is 345 g/mol. The zero-order chi connectivity index (χ0) is 18.3. The molecule has 11 heteroatoms. The van der Waals surface area contributed by atoms with E-state index < -0.39 is 48.6 Å². The Morgan fingerprint density at radius 3 is 2.25 bits per heavy atom. The normalized spacial score (nSPS) is 28.6. The van der Waals surface area contributed by atoms with E-state index in [9.17, 15) is 14.4 Å². The summed E-state index contributed by atoms with van der Waals surface area (Å²) in [4.78, 5) is 36.5. The van der Waals surface area contributed by atoms with Crippen LogP contribution in [0.15, 0.2) is 5.11 Å². The smallest absolute Gasteiger partial charge is 0.303 e. The molecule has 1 fully saturated rings. The molecule has 0 aromatic carbocycles. The molecule has 134 valence electrons. The highest BCUT2D eigenvalue weighted by atomic mass is 16.8. The highest BCUT2D eigenvalue weighted by Crippen LogP contribution is 2.37. The Morgan fingerprint density at radius 2 is 1.79 bits per heavy atom. The number of nitrogens with zero attached hydrogens (tertiary/aromatic N) is 3. The van der Waals surface area contributed by atoms with Crippen LogP contribution in [-0.4, -0.2) is 62.3 Å². The van der Waals surface area contributed by atoms with Gasteiger partial charge in [0.25, 0.3) is 0 Å². The molecule has 0 spiro atoms. The van der Waals surface area contributed by atoms with E-state index in [0.717, 1.165) is 13.8 Å². The summed E-state index contributed by atoms with van der Waals surface area (Å²) in [5, 5.41) is 3.38. The van der Waals surface area contributed by atoms with E-state index in [2.05, 4.69) is 10.0 Å². The lowest BCUT2D eigenvalue weighted by atomic mass is 10.0. The average Bonchev–Trinajstić information content (AvgIpc) is 2.76.